The first-order valence-corrected chi connectivity index (χ1v) is 11.9. The number of hydrogen-bond acceptors (Lipinski definition) is 8. The van der Waals surface area contributed by atoms with Gasteiger partial charge in [-0.15, -0.1) is 0 Å². The fraction of sp³-hybridized carbons (Fsp3) is 0.259. The second-order valence-corrected chi connectivity index (χ2v) is 8.61. The SMILES string of the molecule is COC(=O)C1=C(C)NC(=O)N[C@H]1c1ccccc1OCOc1ccccc1[C@H]1NC(=O)NC(C)=C1C(=O)OC. The molecule has 2 aromatic carbocycles. The smallest absolute Gasteiger partial charge is 0.337 e. The van der Waals surface area contributed by atoms with Gasteiger partial charge in [0.15, 0.2) is 0 Å². The Balaban J connectivity index is 1.59. The average molecular weight is 537 g/mol. The maximum Gasteiger partial charge on any atom is 0.337 e. The number of para-hydroxylation sites is 2. The predicted octanol–water partition coefficient (Wildman–Crippen LogP) is 2.70. The molecule has 0 unspecified atom stereocenters. The topological polar surface area (TPSA) is 153 Å². The van der Waals surface area contributed by atoms with Crippen LogP contribution in [0.1, 0.15) is 37.1 Å². The van der Waals surface area contributed by atoms with Crippen molar-refractivity contribution in [2.45, 2.75) is 25.9 Å². The van der Waals surface area contributed by atoms with Crippen LogP contribution >= 0.6 is 0 Å². The molecule has 204 valence electrons. The van der Waals surface area contributed by atoms with Crippen LogP contribution in [0.2, 0.25) is 0 Å². The van der Waals surface area contributed by atoms with Crippen LogP contribution in [-0.4, -0.2) is 45.0 Å². The molecule has 12 nitrogen and oxygen atoms in total. The fourth-order valence-corrected chi connectivity index (χ4v) is 4.47. The van der Waals surface area contributed by atoms with Crippen molar-refractivity contribution in [3.63, 3.8) is 0 Å². The molecule has 0 fully saturated rings. The highest BCUT2D eigenvalue weighted by molar-refractivity contribution is 5.96. The standard InChI is InChI=1S/C27H28N4O8/c1-14-20(24(32)36-3)22(30-26(34)28-14)16-9-5-7-11-18(16)38-13-39-19-12-8-6-10-17(19)23-21(25(33)37-4)15(2)29-27(35)31-23/h5-12,22-23H,13H2,1-4H3,(H2,28,30,34)(H2,29,31,35)/t22-,23+. The minimum absolute atomic E-state index is 0.235. The molecule has 4 N–H and O–H groups in total. The van der Waals surface area contributed by atoms with Gasteiger partial charge in [0.2, 0.25) is 6.79 Å². The van der Waals surface area contributed by atoms with Crippen LogP contribution in [0.15, 0.2) is 71.1 Å². The summed E-state index contributed by atoms with van der Waals surface area (Å²) in [5.74, 6) is -0.479. The highest BCUT2D eigenvalue weighted by Gasteiger charge is 2.35. The first-order valence-electron chi connectivity index (χ1n) is 11.9. The number of carbonyl (C=O) groups is 4. The van der Waals surface area contributed by atoms with Crippen LogP contribution in [0, 0.1) is 0 Å². The molecular formula is C27H28N4O8. The highest BCUT2D eigenvalue weighted by atomic mass is 16.7. The van der Waals surface area contributed by atoms with Crippen LogP contribution in [0.3, 0.4) is 0 Å². The van der Waals surface area contributed by atoms with E-state index in [2.05, 4.69) is 21.3 Å². The fourth-order valence-electron chi connectivity index (χ4n) is 4.47. The summed E-state index contributed by atoms with van der Waals surface area (Å²) in [7, 11) is 2.52. The second-order valence-electron chi connectivity index (χ2n) is 8.61. The van der Waals surface area contributed by atoms with Crippen molar-refractivity contribution < 1.29 is 38.1 Å². The number of allylic oxidation sites excluding steroid dienone is 2. The summed E-state index contributed by atoms with van der Waals surface area (Å²) in [6.07, 6.45) is 0. The molecule has 2 atom stereocenters. The molecule has 2 heterocycles. The zero-order chi connectivity index (χ0) is 28.1. The van der Waals surface area contributed by atoms with Gasteiger partial charge in [0.25, 0.3) is 0 Å². The van der Waals surface area contributed by atoms with Crippen molar-refractivity contribution in [1.29, 1.82) is 0 Å². The molecule has 0 spiro atoms. The van der Waals surface area contributed by atoms with Crippen LogP contribution in [0.4, 0.5) is 9.59 Å². The molecule has 0 aromatic heterocycles. The van der Waals surface area contributed by atoms with Crippen LogP contribution in [0.5, 0.6) is 11.5 Å². The van der Waals surface area contributed by atoms with Crippen molar-refractivity contribution in [3.8, 4) is 11.5 Å². The third-order valence-corrected chi connectivity index (χ3v) is 6.24. The number of amides is 4. The number of hydrogen-bond donors (Lipinski definition) is 4. The number of methoxy groups -OCH3 is 2. The van der Waals surface area contributed by atoms with E-state index in [1.54, 1.807) is 62.4 Å². The van der Waals surface area contributed by atoms with Crippen molar-refractivity contribution in [1.82, 2.24) is 21.3 Å². The number of rotatable bonds is 8. The third-order valence-electron chi connectivity index (χ3n) is 6.24. The molecule has 39 heavy (non-hydrogen) atoms. The lowest BCUT2D eigenvalue weighted by molar-refractivity contribution is -0.137. The van der Waals surface area contributed by atoms with E-state index in [9.17, 15) is 19.2 Å². The molecule has 0 aliphatic carbocycles. The van der Waals surface area contributed by atoms with Gasteiger partial charge in [0.1, 0.15) is 11.5 Å². The number of carbonyl (C=O) groups excluding carboxylic acids is 4. The normalized spacial score (nSPS) is 18.8. The lowest BCUT2D eigenvalue weighted by Gasteiger charge is -2.29. The zero-order valence-corrected chi connectivity index (χ0v) is 21.7. The number of benzene rings is 2. The summed E-state index contributed by atoms with van der Waals surface area (Å²) in [6, 6.07) is 11.2. The van der Waals surface area contributed by atoms with Gasteiger partial charge in [0.05, 0.1) is 37.4 Å². The molecular weight excluding hydrogens is 508 g/mol. The minimum atomic E-state index is -0.824. The maximum absolute atomic E-state index is 12.5. The summed E-state index contributed by atoms with van der Waals surface area (Å²) in [6.45, 7) is 2.96. The Morgan fingerprint density at radius 1 is 0.692 bits per heavy atom. The quantitative estimate of drug-likeness (QED) is 0.297. The summed E-state index contributed by atoms with van der Waals surface area (Å²) in [4.78, 5) is 49.4. The Bertz CT molecular complexity index is 1280. The Labute approximate surface area is 224 Å². The average Bonchev–Trinajstić information content (AvgIpc) is 2.92. The number of ether oxygens (including phenoxy) is 4. The van der Waals surface area contributed by atoms with Crippen molar-refractivity contribution in [3.05, 3.63) is 82.2 Å². The Morgan fingerprint density at radius 3 is 1.46 bits per heavy atom. The number of urea groups is 2. The number of nitrogens with one attached hydrogen (secondary N) is 4. The van der Waals surface area contributed by atoms with Crippen molar-refractivity contribution in [2.75, 3.05) is 21.0 Å². The van der Waals surface area contributed by atoms with E-state index in [1.165, 1.54) is 14.2 Å². The molecule has 0 saturated carbocycles. The highest BCUT2D eigenvalue weighted by Crippen LogP contribution is 2.35. The van der Waals surface area contributed by atoms with Gasteiger partial charge in [-0.25, -0.2) is 19.2 Å². The molecule has 12 heteroatoms. The van der Waals surface area contributed by atoms with E-state index in [0.29, 0.717) is 34.0 Å². The summed E-state index contributed by atoms with van der Waals surface area (Å²) < 4.78 is 21.7. The van der Waals surface area contributed by atoms with Crippen molar-refractivity contribution >= 4 is 24.0 Å². The van der Waals surface area contributed by atoms with Crippen LogP contribution in [-0.2, 0) is 19.1 Å². The lowest BCUT2D eigenvalue weighted by atomic mass is 9.95. The van der Waals surface area contributed by atoms with E-state index < -0.39 is 36.1 Å². The largest absolute Gasteiger partial charge is 0.466 e. The second kappa shape index (κ2) is 11.6. The zero-order valence-electron chi connectivity index (χ0n) is 21.7. The molecule has 0 radical (unpaired) electrons. The van der Waals surface area contributed by atoms with E-state index >= 15 is 0 Å². The Hall–Kier alpha value is -5.00. The summed E-state index contributed by atoms with van der Waals surface area (Å²) in [5, 5.41) is 10.6. The third kappa shape index (κ3) is 5.64. The number of esters is 2. The van der Waals surface area contributed by atoms with Gasteiger partial charge in [-0.05, 0) is 26.0 Å². The predicted molar refractivity (Wildman–Crippen MR) is 137 cm³/mol. The molecule has 2 aromatic rings. The molecule has 2 aliphatic rings. The first-order chi connectivity index (χ1) is 18.7. The van der Waals surface area contributed by atoms with Crippen molar-refractivity contribution in [2.24, 2.45) is 0 Å². The minimum Gasteiger partial charge on any atom is -0.466 e. The Morgan fingerprint density at radius 2 is 1.08 bits per heavy atom. The van der Waals surface area contributed by atoms with Gasteiger partial charge in [0, 0.05) is 22.5 Å². The van der Waals surface area contributed by atoms with E-state index in [1.807, 2.05) is 0 Å². The van der Waals surface area contributed by atoms with Gasteiger partial charge in [-0.3, -0.25) is 0 Å². The van der Waals surface area contributed by atoms with Crippen LogP contribution in [0.25, 0.3) is 0 Å². The van der Waals surface area contributed by atoms with E-state index in [4.69, 9.17) is 18.9 Å². The molecule has 4 rings (SSSR count). The monoisotopic (exact) mass is 536 g/mol. The summed E-state index contributed by atoms with van der Waals surface area (Å²) in [5.41, 5.74) is 2.23. The molecule has 0 bridgehead atoms. The van der Waals surface area contributed by atoms with Gasteiger partial charge >= 0.3 is 24.0 Å². The first kappa shape index (κ1) is 27.0. The van der Waals surface area contributed by atoms with Gasteiger partial charge in [-0.1, -0.05) is 36.4 Å². The van der Waals surface area contributed by atoms with Gasteiger partial charge < -0.3 is 40.2 Å². The van der Waals surface area contributed by atoms with E-state index in [-0.39, 0.29) is 17.9 Å². The lowest BCUT2D eigenvalue weighted by Crippen LogP contribution is -2.45. The molecule has 4 amide bonds. The Kier molecular flexibility index (Phi) is 8.04. The van der Waals surface area contributed by atoms with Crippen LogP contribution < -0.4 is 30.7 Å². The maximum atomic E-state index is 12.5. The molecule has 0 saturated heterocycles. The molecule has 2 aliphatic heterocycles. The summed E-state index contributed by atoms with van der Waals surface area (Å²) >= 11 is 0. The van der Waals surface area contributed by atoms with Gasteiger partial charge in [-0.2, -0.15) is 0 Å². The van der Waals surface area contributed by atoms with E-state index in [0.717, 1.165) is 0 Å².